The van der Waals surface area contributed by atoms with Crippen LogP contribution in [-0.4, -0.2) is 31.9 Å². The number of piperidine rings is 1. The maximum absolute atomic E-state index is 12.4. The Kier molecular flexibility index (Phi) is 3.70. The summed E-state index contributed by atoms with van der Waals surface area (Å²) in [5.74, 6) is -0.451. The van der Waals surface area contributed by atoms with Crippen molar-refractivity contribution < 1.29 is 13.5 Å². The number of aromatic hydroxyl groups is 1. The Labute approximate surface area is 111 Å². The number of halogens is 1. The monoisotopic (exact) mass is 290 g/mol. The molecule has 1 saturated heterocycles. The Morgan fingerprint density at radius 2 is 2.17 bits per heavy atom. The first-order valence-corrected chi connectivity index (χ1v) is 7.58. The summed E-state index contributed by atoms with van der Waals surface area (Å²) in [6.07, 6.45) is 1.34. The van der Waals surface area contributed by atoms with Crippen molar-refractivity contribution in [1.29, 1.82) is 0 Å². The molecule has 1 aromatic rings. The minimum absolute atomic E-state index is 0.00673. The van der Waals surface area contributed by atoms with Gasteiger partial charge in [0.05, 0.1) is 16.0 Å². The summed E-state index contributed by atoms with van der Waals surface area (Å²) >= 11 is 5.89. The van der Waals surface area contributed by atoms with Gasteiger partial charge in [0.1, 0.15) is 4.90 Å². The lowest BCUT2D eigenvalue weighted by atomic mass is 10.2. The van der Waals surface area contributed by atoms with Gasteiger partial charge in [-0.25, -0.2) is 8.42 Å². The summed E-state index contributed by atoms with van der Waals surface area (Å²) in [7, 11) is -3.67. The Morgan fingerprint density at radius 3 is 2.78 bits per heavy atom. The van der Waals surface area contributed by atoms with Gasteiger partial charge in [-0.2, -0.15) is 0 Å². The highest BCUT2D eigenvalue weighted by molar-refractivity contribution is 7.92. The lowest BCUT2D eigenvalue weighted by molar-refractivity contribution is 0.456. The van der Waals surface area contributed by atoms with Crippen LogP contribution in [0.3, 0.4) is 0 Å². The van der Waals surface area contributed by atoms with Crippen molar-refractivity contribution >= 4 is 27.1 Å². The van der Waals surface area contributed by atoms with Gasteiger partial charge < -0.3 is 16.2 Å². The summed E-state index contributed by atoms with van der Waals surface area (Å²) in [5, 5.41) is 12.3. The molecule has 100 valence electrons. The number of anilines is 1. The van der Waals surface area contributed by atoms with Gasteiger partial charge in [-0.05, 0) is 31.5 Å². The van der Waals surface area contributed by atoms with Crippen LogP contribution >= 0.6 is 11.6 Å². The van der Waals surface area contributed by atoms with Gasteiger partial charge >= 0.3 is 0 Å². The molecule has 0 radical (unpaired) electrons. The molecular formula is C11H15ClN2O3S. The number of phenols is 1. The first kappa shape index (κ1) is 13.5. The average Bonchev–Trinajstić information content (AvgIpc) is 2.35. The molecule has 1 aliphatic rings. The fourth-order valence-electron chi connectivity index (χ4n) is 2.08. The van der Waals surface area contributed by atoms with Crippen molar-refractivity contribution in [1.82, 2.24) is 5.32 Å². The molecule has 4 N–H and O–H groups in total. The topological polar surface area (TPSA) is 92.4 Å². The smallest absolute Gasteiger partial charge is 0.187 e. The van der Waals surface area contributed by atoms with E-state index in [-0.39, 0.29) is 15.6 Å². The summed E-state index contributed by atoms with van der Waals surface area (Å²) in [6, 6.07) is 2.77. The molecule has 0 aromatic heterocycles. The normalized spacial score (nSPS) is 20.8. The zero-order valence-electron chi connectivity index (χ0n) is 9.69. The molecule has 0 aliphatic carbocycles. The van der Waals surface area contributed by atoms with E-state index in [0.717, 1.165) is 13.0 Å². The molecule has 1 aromatic carbocycles. The molecule has 1 aliphatic heterocycles. The first-order valence-electron chi connectivity index (χ1n) is 5.66. The number of benzene rings is 1. The van der Waals surface area contributed by atoms with Crippen molar-refractivity contribution in [2.24, 2.45) is 0 Å². The molecule has 18 heavy (non-hydrogen) atoms. The molecule has 1 atom stereocenters. The van der Waals surface area contributed by atoms with Crippen LogP contribution in [0, 0.1) is 0 Å². The Morgan fingerprint density at radius 1 is 1.44 bits per heavy atom. The summed E-state index contributed by atoms with van der Waals surface area (Å²) in [4.78, 5) is -0.252. The Balaban J connectivity index is 2.50. The van der Waals surface area contributed by atoms with Gasteiger partial charge in [-0.1, -0.05) is 11.6 Å². The summed E-state index contributed by atoms with van der Waals surface area (Å²) < 4.78 is 24.9. The van der Waals surface area contributed by atoms with Crippen LogP contribution in [0.5, 0.6) is 5.75 Å². The molecule has 0 unspecified atom stereocenters. The second-order valence-electron chi connectivity index (χ2n) is 4.33. The van der Waals surface area contributed by atoms with Gasteiger partial charge in [-0.3, -0.25) is 0 Å². The number of rotatable bonds is 2. The predicted molar refractivity (Wildman–Crippen MR) is 70.6 cm³/mol. The summed E-state index contributed by atoms with van der Waals surface area (Å²) in [6.45, 7) is 1.18. The van der Waals surface area contributed by atoms with E-state index in [1.807, 2.05) is 0 Å². The number of nitrogen functional groups attached to an aromatic ring is 1. The second kappa shape index (κ2) is 4.95. The van der Waals surface area contributed by atoms with Crippen LogP contribution in [0.4, 0.5) is 5.69 Å². The minimum Gasteiger partial charge on any atom is -0.504 e. The number of hydrogen-bond acceptors (Lipinski definition) is 5. The molecule has 1 fully saturated rings. The van der Waals surface area contributed by atoms with E-state index in [2.05, 4.69) is 5.32 Å². The molecular weight excluding hydrogens is 276 g/mol. The van der Waals surface area contributed by atoms with Gasteiger partial charge in [0.2, 0.25) is 0 Å². The van der Waals surface area contributed by atoms with Gasteiger partial charge in [0, 0.05) is 6.54 Å². The van der Waals surface area contributed by atoms with E-state index in [4.69, 9.17) is 17.3 Å². The standard InChI is InChI=1S/C11H15ClN2O3S/c12-8-3-4-9(13)10(15)11(8)18(16,17)7-2-1-5-14-6-7/h3-4,7,14-15H,1-2,5-6,13H2/t7-/m0/s1. The maximum Gasteiger partial charge on any atom is 0.187 e. The zero-order chi connectivity index (χ0) is 13.3. The summed E-state index contributed by atoms with van der Waals surface area (Å²) in [5.41, 5.74) is 5.54. The van der Waals surface area contributed by atoms with E-state index in [1.165, 1.54) is 12.1 Å². The molecule has 0 saturated carbocycles. The Bertz CT molecular complexity index is 554. The van der Waals surface area contributed by atoms with Gasteiger partial charge in [0.15, 0.2) is 15.6 Å². The van der Waals surface area contributed by atoms with Crippen LogP contribution in [0.25, 0.3) is 0 Å². The average molecular weight is 291 g/mol. The van der Waals surface area contributed by atoms with Gasteiger partial charge in [0.25, 0.3) is 0 Å². The van der Waals surface area contributed by atoms with Crippen molar-refractivity contribution in [3.05, 3.63) is 17.2 Å². The van der Waals surface area contributed by atoms with Crippen molar-refractivity contribution in [2.45, 2.75) is 23.0 Å². The van der Waals surface area contributed by atoms with Crippen molar-refractivity contribution in [3.8, 4) is 5.75 Å². The van der Waals surface area contributed by atoms with Crippen LogP contribution in [-0.2, 0) is 9.84 Å². The minimum atomic E-state index is -3.67. The van der Waals surface area contributed by atoms with Crippen LogP contribution in [0.15, 0.2) is 17.0 Å². The molecule has 0 spiro atoms. The van der Waals surface area contributed by atoms with E-state index < -0.39 is 20.8 Å². The maximum atomic E-state index is 12.4. The fourth-order valence-corrected chi connectivity index (χ4v) is 4.43. The van der Waals surface area contributed by atoms with Crippen LogP contribution < -0.4 is 11.1 Å². The highest BCUT2D eigenvalue weighted by Gasteiger charge is 2.33. The number of phenolic OH excluding ortho intramolecular Hbond substituents is 1. The SMILES string of the molecule is Nc1ccc(Cl)c(S(=O)(=O)[C@H]2CCCNC2)c1O. The first-order chi connectivity index (χ1) is 8.44. The third-order valence-electron chi connectivity index (χ3n) is 3.09. The van der Waals surface area contributed by atoms with Gasteiger partial charge in [-0.15, -0.1) is 0 Å². The number of hydrogen-bond donors (Lipinski definition) is 3. The van der Waals surface area contributed by atoms with E-state index >= 15 is 0 Å². The van der Waals surface area contributed by atoms with Crippen LogP contribution in [0.1, 0.15) is 12.8 Å². The van der Waals surface area contributed by atoms with Crippen molar-refractivity contribution in [3.63, 3.8) is 0 Å². The lowest BCUT2D eigenvalue weighted by Gasteiger charge is -2.23. The largest absolute Gasteiger partial charge is 0.504 e. The van der Waals surface area contributed by atoms with E-state index in [1.54, 1.807) is 0 Å². The quantitative estimate of drug-likeness (QED) is 0.561. The Hall–Kier alpha value is -0.980. The molecule has 7 heteroatoms. The highest BCUT2D eigenvalue weighted by atomic mass is 35.5. The second-order valence-corrected chi connectivity index (χ2v) is 6.90. The molecule has 1 heterocycles. The van der Waals surface area contributed by atoms with E-state index in [9.17, 15) is 13.5 Å². The van der Waals surface area contributed by atoms with Crippen molar-refractivity contribution in [2.75, 3.05) is 18.8 Å². The predicted octanol–water partition coefficient (Wildman–Crippen LogP) is 1.15. The highest BCUT2D eigenvalue weighted by Crippen LogP contribution is 2.38. The molecule has 5 nitrogen and oxygen atoms in total. The zero-order valence-corrected chi connectivity index (χ0v) is 11.3. The lowest BCUT2D eigenvalue weighted by Crippen LogP contribution is -2.38. The number of sulfone groups is 1. The third kappa shape index (κ3) is 2.28. The third-order valence-corrected chi connectivity index (χ3v) is 5.78. The molecule has 2 rings (SSSR count). The number of nitrogens with two attached hydrogens (primary N) is 1. The number of nitrogens with one attached hydrogen (secondary N) is 1. The fraction of sp³-hybridized carbons (Fsp3) is 0.455. The molecule has 0 bridgehead atoms. The van der Waals surface area contributed by atoms with E-state index in [0.29, 0.717) is 13.0 Å². The molecule has 0 amide bonds. The van der Waals surface area contributed by atoms with Crippen LogP contribution in [0.2, 0.25) is 5.02 Å².